The molecule has 0 fully saturated rings. The third-order valence-corrected chi connectivity index (χ3v) is 3.58. The fourth-order valence-electron chi connectivity index (χ4n) is 2.11. The second kappa shape index (κ2) is 6.50. The molecule has 0 aliphatic carbocycles. The maximum absolute atomic E-state index is 12.3. The monoisotopic (exact) mass is 304 g/mol. The molecule has 2 aromatic carbocycles. The van der Waals surface area contributed by atoms with Gasteiger partial charge in [0.15, 0.2) is 0 Å². The lowest BCUT2D eigenvalue weighted by atomic mass is 10.1. The van der Waals surface area contributed by atoms with Crippen LogP contribution in [-0.2, 0) is 0 Å². The molecule has 0 saturated carbocycles. The quantitative estimate of drug-likeness (QED) is 0.851. The number of halogens is 1. The summed E-state index contributed by atoms with van der Waals surface area (Å²) in [6.07, 6.45) is 0. The summed E-state index contributed by atoms with van der Waals surface area (Å²) in [7, 11) is 1.60. The summed E-state index contributed by atoms with van der Waals surface area (Å²) in [5.41, 5.74) is 7.38. The topological polar surface area (TPSA) is 64.3 Å². The van der Waals surface area contributed by atoms with Gasteiger partial charge in [0, 0.05) is 5.56 Å². The van der Waals surface area contributed by atoms with E-state index < -0.39 is 0 Å². The van der Waals surface area contributed by atoms with Crippen molar-refractivity contribution in [2.24, 2.45) is 0 Å². The number of methoxy groups -OCH3 is 1. The Hall–Kier alpha value is -2.20. The number of para-hydroxylation sites is 2. The van der Waals surface area contributed by atoms with Gasteiger partial charge in [0.2, 0.25) is 0 Å². The summed E-state index contributed by atoms with van der Waals surface area (Å²) < 4.78 is 5.30. The zero-order chi connectivity index (χ0) is 15.4. The number of nitrogens with two attached hydrogens (primary N) is 1. The van der Waals surface area contributed by atoms with Crippen LogP contribution in [0.2, 0.25) is 5.02 Å². The van der Waals surface area contributed by atoms with Crippen LogP contribution in [0.3, 0.4) is 0 Å². The predicted octanol–water partition coefficient (Wildman–Crippen LogP) is 3.42. The second-order valence-corrected chi connectivity index (χ2v) is 5.05. The first-order valence-electron chi connectivity index (χ1n) is 6.52. The number of carbonyl (C=O) groups excluding carboxylic acids is 1. The maximum Gasteiger partial charge on any atom is 0.253 e. The minimum Gasteiger partial charge on any atom is -0.496 e. The molecule has 5 heteroatoms. The van der Waals surface area contributed by atoms with Crippen LogP contribution in [0.1, 0.15) is 28.9 Å². The molecule has 1 amide bonds. The molecule has 21 heavy (non-hydrogen) atoms. The summed E-state index contributed by atoms with van der Waals surface area (Å²) >= 11 is 5.93. The molecule has 0 aliphatic heterocycles. The number of carbonyl (C=O) groups is 1. The molecule has 0 aliphatic rings. The highest BCUT2D eigenvalue weighted by Crippen LogP contribution is 2.26. The number of ether oxygens (including phenoxy) is 1. The summed E-state index contributed by atoms with van der Waals surface area (Å²) in [5.74, 6) is 0.456. The Morgan fingerprint density at radius 1 is 1.24 bits per heavy atom. The van der Waals surface area contributed by atoms with Crippen LogP contribution in [0, 0.1) is 0 Å². The van der Waals surface area contributed by atoms with E-state index >= 15 is 0 Å². The summed E-state index contributed by atoms with van der Waals surface area (Å²) in [5, 5.41) is 3.27. The molecular formula is C16H17ClN2O2. The first-order chi connectivity index (χ1) is 10.0. The third kappa shape index (κ3) is 3.28. The van der Waals surface area contributed by atoms with Crippen molar-refractivity contribution < 1.29 is 9.53 Å². The van der Waals surface area contributed by atoms with Crippen molar-refractivity contribution in [1.29, 1.82) is 0 Å². The Morgan fingerprint density at radius 2 is 1.95 bits per heavy atom. The number of anilines is 1. The van der Waals surface area contributed by atoms with Gasteiger partial charge in [0.25, 0.3) is 5.91 Å². The third-order valence-electron chi connectivity index (χ3n) is 3.25. The van der Waals surface area contributed by atoms with Crippen LogP contribution in [0.15, 0.2) is 42.5 Å². The van der Waals surface area contributed by atoms with Gasteiger partial charge in [-0.1, -0.05) is 35.9 Å². The lowest BCUT2D eigenvalue weighted by Crippen LogP contribution is -2.27. The van der Waals surface area contributed by atoms with Crippen LogP contribution in [0.5, 0.6) is 5.75 Å². The minimum absolute atomic E-state index is 0.216. The van der Waals surface area contributed by atoms with E-state index in [2.05, 4.69) is 5.32 Å². The number of nitrogen functional groups attached to an aromatic ring is 1. The molecule has 0 radical (unpaired) electrons. The molecule has 0 saturated heterocycles. The minimum atomic E-state index is -0.270. The van der Waals surface area contributed by atoms with Gasteiger partial charge in [-0.05, 0) is 25.1 Å². The van der Waals surface area contributed by atoms with Gasteiger partial charge < -0.3 is 15.8 Å². The Balaban J connectivity index is 2.21. The average Bonchev–Trinajstić information content (AvgIpc) is 2.49. The van der Waals surface area contributed by atoms with E-state index in [9.17, 15) is 4.79 Å². The molecule has 4 nitrogen and oxygen atoms in total. The van der Waals surface area contributed by atoms with Crippen molar-refractivity contribution in [3.05, 3.63) is 58.6 Å². The molecule has 0 aromatic heterocycles. The standard InChI is InChI=1S/C16H17ClN2O2/c1-10(11-6-3-4-9-14(11)21-2)19-16(20)12-7-5-8-13(17)15(12)18/h3-10H,18H2,1-2H3,(H,19,20). The number of hydrogen-bond acceptors (Lipinski definition) is 3. The molecule has 0 heterocycles. The fourth-order valence-corrected chi connectivity index (χ4v) is 2.29. The molecule has 0 spiro atoms. The SMILES string of the molecule is COc1ccccc1C(C)NC(=O)c1cccc(Cl)c1N. The Kier molecular flexibility index (Phi) is 4.70. The van der Waals surface area contributed by atoms with Crippen molar-refractivity contribution in [3.8, 4) is 5.75 Å². The highest BCUT2D eigenvalue weighted by Gasteiger charge is 2.17. The summed E-state index contributed by atoms with van der Waals surface area (Å²) in [4.78, 5) is 12.3. The smallest absolute Gasteiger partial charge is 0.253 e. The molecule has 1 unspecified atom stereocenters. The zero-order valence-corrected chi connectivity index (χ0v) is 12.6. The first-order valence-corrected chi connectivity index (χ1v) is 6.90. The molecule has 2 aromatic rings. The molecular weight excluding hydrogens is 288 g/mol. The van der Waals surface area contributed by atoms with E-state index in [1.54, 1.807) is 25.3 Å². The van der Waals surface area contributed by atoms with Crippen LogP contribution >= 0.6 is 11.6 Å². The summed E-state index contributed by atoms with van der Waals surface area (Å²) in [6, 6.07) is 12.3. The van der Waals surface area contributed by atoms with Gasteiger partial charge >= 0.3 is 0 Å². The Morgan fingerprint density at radius 3 is 2.67 bits per heavy atom. The molecule has 3 N–H and O–H groups in total. The Bertz CT molecular complexity index is 658. The first kappa shape index (κ1) is 15.2. The molecule has 1 atom stereocenters. The normalized spacial score (nSPS) is 11.8. The van der Waals surface area contributed by atoms with Crippen molar-refractivity contribution in [2.45, 2.75) is 13.0 Å². The number of benzene rings is 2. The van der Waals surface area contributed by atoms with Gasteiger partial charge in [-0.15, -0.1) is 0 Å². The summed E-state index contributed by atoms with van der Waals surface area (Å²) in [6.45, 7) is 1.89. The fraction of sp³-hybridized carbons (Fsp3) is 0.188. The van der Waals surface area contributed by atoms with Crippen molar-refractivity contribution in [1.82, 2.24) is 5.32 Å². The van der Waals surface area contributed by atoms with Gasteiger partial charge in [-0.3, -0.25) is 4.79 Å². The van der Waals surface area contributed by atoms with Crippen molar-refractivity contribution in [2.75, 3.05) is 12.8 Å². The van der Waals surface area contributed by atoms with Gasteiger partial charge in [-0.25, -0.2) is 0 Å². The van der Waals surface area contributed by atoms with E-state index in [4.69, 9.17) is 22.1 Å². The van der Waals surface area contributed by atoms with Crippen LogP contribution in [0.25, 0.3) is 0 Å². The van der Waals surface area contributed by atoms with Gasteiger partial charge in [0.1, 0.15) is 5.75 Å². The number of amides is 1. The molecule has 0 bridgehead atoms. The van der Waals surface area contributed by atoms with Gasteiger partial charge in [0.05, 0.1) is 29.4 Å². The predicted molar refractivity (Wildman–Crippen MR) is 84.7 cm³/mol. The van der Waals surface area contributed by atoms with Crippen molar-refractivity contribution in [3.63, 3.8) is 0 Å². The van der Waals surface area contributed by atoms with Gasteiger partial charge in [-0.2, -0.15) is 0 Å². The van der Waals surface area contributed by atoms with E-state index in [-0.39, 0.29) is 17.6 Å². The van der Waals surface area contributed by atoms with E-state index in [1.807, 2.05) is 31.2 Å². The molecule has 110 valence electrons. The average molecular weight is 305 g/mol. The van der Waals surface area contributed by atoms with Crippen LogP contribution in [-0.4, -0.2) is 13.0 Å². The van der Waals surface area contributed by atoms with Crippen molar-refractivity contribution >= 4 is 23.2 Å². The van der Waals surface area contributed by atoms with E-state index in [0.29, 0.717) is 10.6 Å². The van der Waals surface area contributed by atoms with Crippen LogP contribution in [0.4, 0.5) is 5.69 Å². The lowest BCUT2D eigenvalue weighted by molar-refractivity contribution is 0.0940. The number of hydrogen-bond donors (Lipinski definition) is 2. The number of rotatable bonds is 4. The van der Waals surface area contributed by atoms with E-state index in [0.717, 1.165) is 11.3 Å². The maximum atomic E-state index is 12.3. The van der Waals surface area contributed by atoms with Crippen LogP contribution < -0.4 is 15.8 Å². The largest absolute Gasteiger partial charge is 0.496 e. The highest BCUT2D eigenvalue weighted by molar-refractivity contribution is 6.33. The Labute approximate surface area is 128 Å². The highest BCUT2D eigenvalue weighted by atomic mass is 35.5. The number of nitrogens with one attached hydrogen (secondary N) is 1. The second-order valence-electron chi connectivity index (χ2n) is 4.64. The lowest BCUT2D eigenvalue weighted by Gasteiger charge is -2.18. The van der Waals surface area contributed by atoms with E-state index in [1.165, 1.54) is 0 Å². The zero-order valence-electron chi connectivity index (χ0n) is 11.9. The molecule has 2 rings (SSSR count).